The molecule has 4 nitrogen and oxygen atoms in total. The van der Waals surface area contributed by atoms with Gasteiger partial charge in [0.1, 0.15) is 0 Å². The van der Waals surface area contributed by atoms with E-state index in [2.05, 4.69) is 20.8 Å². The topological polar surface area (TPSA) is 49.3 Å². The standard InChI is InChI=1S/C15H15ClN4S/c1-11(14-7-2-3-8-17-14)19-20-15(21)18-10-12-5-4-6-13(16)9-12/h2-9H,10H2,1H3,(H2,18,20,21)/b19-11+. The van der Waals surface area contributed by atoms with E-state index in [0.717, 1.165) is 17.0 Å². The Morgan fingerprint density at radius 2 is 2.14 bits per heavy atom. The van der Waals surface area contributed by atoms with Crippen molar-refractivity contribution >= 4 is 34.6 Å². The Morgan fingerprint density at radius 3 is 2.86 bits per heavy atom. The van der Waals surface area contributed by atoms with Gasteiger partial charge in [-0.05, 0) is 49.0 Å². The van der Waals surface area contributed by atoms with Crippen LogP contribution in [0.2, 0.25) is 5.02 Å². The molecule has 0 spiro atoms. The van der Waals surface area contributed by atoms with E-state index in [1.54, 1.807) is 6.20 Å². The Labute approximate surface area is 134 Å². The van der Waals surface area contributed by atoms with Gasteiger partial charge in [0.15, 0.2) is 5.11 Å². The molecule has 0 aliphatic carbocycles. The second-order valence-electron chi connectivity index (χ2n) is 4.34. The molecule has 1 heterocycles. The highest BCUT2D eigenvalue weighted by Crippen LogP contribution is 2.10. The fourth-order valence-corrected chi connectivity index (χ4v) is 1.97. The van der Waals surface area contributed by atoms with Gasteiger partial charge in [0, 0.05) is 17.8 Å². The maximum atomic E-state index is 5.93. The van der Waals surface area contributed by atoms with Crippen LogP contribution in [0.5, 0.6) is 0 Å². The summed E-state index contributed by atoms with van der Waals surface area (Å²) in [6.07, 6.45) is 1.73. The number of benzene rings is 1. The van der Waals surface area contributed by atoms with E-state index in [0.29, 0.717) is 16.7 Å². The number of nitrogens with zero attached hydrogens (tertiary/aromatic N) is 2. The van der Waals surface area contributed by atoms with Gasteiger partial charge >= 0.3 is 0 Å². The van der Waals surface area contributed by atoms with E-state index in [-0.39, 0.29) is 0 Å². The van der Waals surface area contributed by atoms with Gasteiger partial charge < -0.3 is 5.32 Å². The molecule has 2 N–H and O–H groups in total. The van der Waals surface area contributed by atoms with Gasteiger partial charge in [-0.2, -0.15) is 5.10 Å². The zero-order valence-corrected chi connectivity index (χ0v) is 13.1. The normalized spacial score (nSPS) is 11.0. The monoisotopic (exact) mass is 318 g/mol. The SMILES string of the molecule is C/C(=N\NC(=S)NCc1cccc(Cl)c1)c1ccccn1. The van der Waals surface area contributed by atoms with Crippen LogP contribution < -0.4 is 10.7 Å². The predicted octanol–water partition coefficient (Wildman–Crippen LogP) is 3.12. The minimum absolute atomic E-state index is 0.449. The number of halogens is 1. The molecule has 0 amide bonds. The van der Waals surface area contributed by atoms with Crippen LogP contribution in [0.1, 0.15) is 18.2 Å². The Morgan fingerprint density at radius 1 is 1.29 bits per heavy atom. The van der Waals surface area contributed by atoms with E-state index in [9.17, 15) is 0 Å². The first-order valence-electron chi connectivity index (χ1n) is 6.39. The molecule has 0 saturated heterocycles. The summed E-state index contributed by atoms with van der Waals surface area (Å²) in [5.41, 5.74) is 5.43. The first-order chi connectivity index (χ1) is 10.1. The Balaban J connectivity index is 1.85. The molecule has 0 radical (unpaired) electrons. The second-order valence-corrected chi connectivity index (χ2v) is 5.18. The molecule has 0 saturated carbocycles. The largest absolute Gasteiger partial charge is 0.357 e. The Hall–Kier alpha value is -1.98. The molecule has 108 valence electrons. The number of hydrogen-bond acceptors (Lipinski definition) is 3. The molecule has 21 heavy (non-hydrogen) atoms. The van der Waals surface area contributed by atoms with Gasteiger partial charge in [0.05, 0.1) is 11.4 Å². The predicted molar refractivity (Wildman–Crippen MR) is 90.5 cm³/mol. The van der Waals surface area contributed by atoms with Crippen molar-refractivity contribution < 1.29 is 0 Å². The molecule has 0 atom stereocenters. The minimum atomic E-state index is 0.449. The number of hydrogen-bond donors (Lipinski definition) is 2. The highest BCUT2D eigenvalue weighted by atomic mass is 35.5. The molecule has 0 fully saturated rings. The van der Waals surface area contributed by atoms with Crippen LogP contribution in [0.4, 0.5) is 0 Å². The molecule has 2 rings (SSSR count). The summed E-state index contributed by atoms with van der Waals surface area (Å²) < 4.78 is 0. The van der Waals surface area contributed by atoms with Crippen molar-refractivity contribution in [2.45, 2.75) is 13.5 Å². The molecule has 0 unspecified atom stereocenters. The molecule has 1 aromatic carbocycles. The fourth-order valence-electron chi connectivity index (χ4n) is 1.64. The van der Waals surface area contributed by atoms with Crippen molar-refractivity contribution in [1.82, 2.24) is 15.7 Å². The lowest BCUT2D eigenvalue weighted by Gasteiger charge is -2.08. The number of nitrogens with one attached hydrogen (secondary N) is 2. The van der Waals surface area contributed by atoms with Crippen LogP contribution in [0.3, 0.4) is 0 Å². The van der Waals surface area contributed by atoms with Gasteiger partial charge in [-0.25, -0.2) is 0 Å². The summed E-state index contributed by atoms with van der Waals surface area (Å²) in [5.74, 6) is 0. The molecule has 1 aromatic heterocycles. The second kappa shape index (κ2) is 7.71. The summed E-state index contributed by atoms with van der Waals surface area (Å²) in [7, 11) is 0. The number of rotatable bonds is 4. The summed E-state index contributed by atoms with van der Waals surface area (Å²) in [6, 6.07) is 13.3. The lowest BCUT2D eigenvalue weighted by atomic mass is 10.2. The number of hydrazone groups is 1. The summed E-state index contributed by atoms with van der Waals surface area (Å²) >= 11 is 11.1. The zero-order valence-electron chi connectivity index (χ0n) is 11.5. The van der Waals surface area contributed by atoms with Crippen molar-refractivity contribution in [3.8, 4) is 0 Å². The smallest absolute Gasteiger partial charge is 0.187 e. The van der Waals surface area contributed by atoms with E-state index in [1.807, 2.05) is 49.4 Å². The fraction of sp³-hybridized carbons (Fsp3) is 0.133. The third kappa shape index (κ3) is 5.13. The van der Waals surface area contributed by atoms with Crippen LogP contribution in [-0.2, 0) is 6.54 Å². The number of pyridine rings is 1. The average Bonchev–Trinajstić information content (AvgIpc) is 2.51. The molecule has 0 aliphatic rings. The van der Waals surface area contributed by atoms with Crippen LogP contribution >= 0.6 is 23.8 Å². The van der Waals surface area contributed by atoms with E-state index < -0.39 is 0 Å². The van der Waals surface area contributed by atoms with Gasteiger partial charge in [-0.3, -0.25) is 10.4 Å². The Kier molecular flexibility index (Phi) is 5.66. The number of aromatic nitrogens is 1. The lowest BCUT2D eigenvalue weighted by molar-refractivity contribution is 0.866. The van der Waals surface area contributed by atoms with Crippen LogP contribution in [0.15, 0.2) is 53.8 Å². The van der Waals surface area contributed by atoms with Crippen molar-refractivity contribution in [2.75, 3.05) is 0 Å². The Bertz CT molecular complexity index is 643. The van der Waals surface area contributed by atoms with E-state index >= 15 is 0 Å². The van der Waals surface area contributed by atoms with Gasteiger partial charge in [0.25, 0.3) is 0 Å². The van der Waals surface area contributed by atoms with Crippen LogP contribution in [-0.4, -0.2) is 15.8 Å². The highest BCUT2D eigenvalue weighted by molar-refractivity contribution is 7.80. The van der Waals surface area contributed by atoms with Crippen molar-refractivity contribution in [1.29, 1.82) is 0 Å². The first kappa shape index (κ1) is 15.4. The molecule has 2 aromatic rings. The minimum Gasteiger partial charge on any atom is -0.357 e. The third-order valence-electron chi connectivity index (χ3n) is 2.70. The molecular formula is C15H15ClN4S. The van der Waals surface area contributed by atoms with E-state index in [1.165, 1.54) is 0 Å². The van der Waals surface area contributed by atoms with Gasteiger partial charge in [-0.1, -0.05) is 29.8 Å². The molecule has 0 aliphatic heterocycles. The summed E-state index contributed by atoms with van der Waals surface area (Å²) in [5, 5.41) is 8.42. The van der Waals surface area contributed by atoms with Gasteiger partial charge in [0.2, 0.25) is 0 Å². The highest BCUT2D eigenvalue weighted by Gasteiger charge is 1.99. The lowest BCUT2D eigenvalue weighted by Crippen LogP contribution is -2.32. The quantitative estimate of drug-likeness (QED) is 0.516. The van der Waals surface area contributed by atoms with Crippen molar-refractivity contribution in [3.05, 3.63) is 64.9 Å². The first-order valence-corrected chi connectivity index (χ1v) is 7.18. The average molecular weight is 319 g/mol. The molecular weight excluding hydrogens is 304 g/mol. The summed E-state index contributed by atoms with van der Waals surface area (Å²) in [6.45, 7) is 2.46. The van der Waals surface area contributed by atoms with Crippen molar-refractivity contribution in [3.63, 3.8) is 0 Å². The molecule has 0 bridgehead atoms. The van der Waals surface area contributed by atoms with Crippen LogP contribution in [0.25, 0.3) is 0 Å². The molecule has 6 heteroatoms. The summed E-state index contributed by atoms with van der Waals surface area (Å²) in [4.78, 5) is 4.21. The van der Waals surface area contributed by atoms with E-state index in [4.69, 9.17) is 23.8 Å². The maximum absolute atomic E-state index is 5.93. The third-order valence-corrected chi connectivity index (χ3v) is 3.17. The maximum Gasteiger partial charge on any atom is 0.187 e. The van der Waals surface area contributed by atoms with Crippen molar-refractivity contribution in [2.24, 2.45) is 5.10 Å². The zero-order chi connectivity index (χ0) is 15.1. The number of thiocarbonyl (C=S) groups is 1. The van der Waals surface area contributed by atoms with Crippen LogP contribution in [0, 0.1) is 0 Å². The van der Waals surface area contributed by atoms with Gasteiger partial charge in [-0.15, -0.1) is 0 Å².